The molecule has 0 radical (unpaired) electrons. The second-order valence-electron chi connectivity index (χ2n) is 5.21. The van der Waals surface area contributed by atoms with E-state index >= 15 is 0 Å². The Kier molecular flexibility index (Phi) is 3.99. The largest absolute Gasteiger partial charge is 0.255 e. The van der Waals surface area contributed by atoms with E-state index in [0.717, 1.165) is 23.8 Å². The van der Waals surface area contributed by atoms with Crippen LogP contribution < -0.4 is 0 Å². The molecule has 0 unspecified atom stereocenters. The molecule has 0 saturated carbocycles. The van der Waals surface area contributed by atoms with Gasteiger partial charge in [-0.15, -0.1) is 0 Å². The van der Waals surface area contributed by atoms with Crippen LogP contribution >= 0.6 is 11.6 Å². The van der Waals surface area contributed by atoms with Crippen molar-refractivity contribution < 1.29 is 12.8 Å². The highest BCUT2D eigenvalue weighted by Crippen LogP contribution is 2.33. The van der Waals surface area contributed by atoms with E-state index in [0.29, 0.717) is 10.9 Å². The van der Waals surface area contributed by atoms with Gasteiger partial charge in [-0.3, -0.25) is 4.98 Å². The summed E-state index contributed by atoms with van der Waals surface area (Å²) in [7, 11) is -4.04. The van der Waals surface area contributed by atoms with Crippen LogP contribution in [0.15, 0.2) is 52.4 Å². The maximum atomic E-state index is 13.4. The van der Waals surface area contributed by atoms with E-state index < -0.39 is 15.7 Å². The summed E-state index contributed by atoms with van der Waals surface area (Å²) in [6, 6.07) is 9.99. The van der Waals surface area contributed by atoms with Gasteiger partial charge in [0.2, 0.25) is 9.84 Å². The van der Waals surface area contributed by atoms with E-state index in [-0.39, 0.29) is 20.4 Å². The lowest BCUT2D eigenvalue weighted by Crippen LogP contribution is -2.05. The normalized spacial score (nSPS) is 11.4. The first kappa shape index (κ1) is 16.4. The number of hydrogen-bond acceptors (Lipinski definition) is 4. The predicted molar refractivity (Wildman–Crippen MR) is 88.1 cm³/mol. The molecule has 7 heteroatoms. The standard InChI is InChI=1S/C17H10ClFN2O2S/c1-10-2-5-15-13(6-10)17(18)16(9-21-15)24(22,23)12-3-4-14(19)11(7-12)8-20/h2-7,9H,1H3. The summed E-state index contributed by atoms with van der Waals surface area (Å²) in [4.78, 5) is 3.74. The summed E-state index contributed by atoms with van der Waals surface area (Å²) < 4.78 is 39.0. The number of sulfone groups is 1. The second-order valence-corrected chi connectivity index (χ2v) is 7.51. The number of benzene rings is 2. The molecule has 3 aromatic rings. The minimum Gasteiger partial charge on any atom is -0.255 e. The third-order valence-electron chi connectivity index (χ3n) is 3.58. The molecule has 3 rings (SSSR count). The number of aromatic nitrogens is 1. The van der Waals surface area contributed by atoms with Gasteiger partial charge < -0.3 is 0 Å². The van der Waals surface area contributed by atoms with E-state index in [1.807, 2.05) is 13.0 Å². The maximum Gasteiger partial charge on any atom is 0.209 e. The molecule has 0 aliphatic rings. The van der Waals surface area contributed by atoms with Crippen molar-refractivity contribution in [3.05, 3.63) is 64.6 Å². The molecular weight excluding hydrogens is 351 g/mol. The molecule has 1 aromatic heterocycles. The molecule has 0 amide bonds. The molecule has 24 heavy (non-hydrogen) atoms. The van der Waals surface area contributed by atoms with Gasteiger partial charge in [0.05, 0.1) is 21.0 Å². The Balaban J connectivity index is 2.26. The van der Waals surface area contributed by atoms with Gasteiger partial charge in [-0.25, -0.2) is 12.8 Å². The van der Waals surface area contributed by atoms with E-state index in [4.69, 9.17) is 16.9 Å². The van der Waals surface area contributed by atoms with Crippen molar-refractivity contribution >= 4 is 32.3 Å². The van der Waals surface area contributed by atoms with Gasteiger partial charge in [0.25, 0.3) is 0 Å². The first-order valence-corrected chi connectivity index (χ1v) is 8.70. The van der Waals surface area contributed by atoms with Gasteiger partial charge in [0.1, 0.15) is 16.8 Å². The van der Waals surface area contributed by atoms with Gasteiger partial charge in [0.15, 0.2) is 0 Å². The Bertz CT molecular complexity index is 1120. The van der Waals surface area contributed by atoms with Crippen LogP contribution in [0.2, 0.25) is 5.02 Å². The van der Waals surface area contributed by atoms with Gasteiger partial charge >= 0.3 is 0 Å². The number of aryl methyl sites for hydroxylation is 1. The molecule has 0 atom stereocenters. The van der Waals surface area contributed by atoms with Crippen LogP contribution in [0, 0.1) is 24.1 Å². The zero-order valence-electron chi connectivity index (χ0n) is 12.4. The van der Waals surface area contributed by atoms with E-state index in [1.165, 1.54) is 6.20 Å². The van der Waals surface area contributed by atoms with Crippen LogP contribution in [0.1, 0.15) is 11.1 Å². The van der Waals surface area contributed by atoms with Crippen molar-refractivity contribution in [2.24, 2.45) is 0 Å². The average molecular weight is 361 g/mol. The Morgan fingerprint density at radius 1 is 1.21 bits per heavy atom. The summed E-state index contributed by atoms with van der Waals surface area (Å²) in [5, 5.41) is 9.44. The number of nitriles is 1. The lowest BCUT2D eigenvalue weighted by Gasteiger charge is -2.09. The lowest BCUT2D eigenvalue weighted by atomic mass is 10.1. The quantitative estimate of drug-likeness (QED) is 0.646. The summed E-state index contributed by atoms with van der Waals surface area (Å²) in [6.45, 7) is 1.86. The smallest absolute Gasteiger partial charge is 0.209 e. The molecular formula is C17H10ClFN2O2S. The van der Waals surface area contributed by atoms with Crippen LogP contribution in [0.25, 0.3) is 10.9 Å². The molecule has 1 heterocycles. The minimum absolute atomic E-state index is 0.0477. The van der Waals surface area contributed by atoms with Crippen molar-refractivity contribution in [1.29, 1.82) is 5.26 Å². The number of hydrogen-bond donors (Lipinski definition) is 0. The number of halogens is 2. The van der Waals surface area contributed by atoms with Crippen LogP contribution in [0.5, 0.6) is 0 Å². The fraction of sp³-hybridized carbons (Fsp3) is 0.0588. The zero-order valence-corrected chi connectivity index (χ0v) is 14.0. The highest BCUT2D eigenvalue weighted by molar-refractivity contribution is 7.91. The number of pyridine rings is 1. The summed E-state index contributed by atoms with van der Waals surface area (Å²) >= 11 is 6.29. The molecule has 4 nitrogen and oxygen atoms in total. The monoisotopic (exact) mass is 360 g/mol. The first-order chi connectivity index (χ1) is 11.3. The molecule has 2 aromatic carbocycles. The van der Waals surface area contributed by atoms with E-state index in [9.17, 15) is 12.8 Å². The topological polar surface area (TPSA) is 70.8 Å². The maximum absolute atomic E-state index is 13.4. The molecule has 120 valence electrons. The molecule has 0 aliphatic carbocycles. The molecule has 0 N–H and O–H groups in total. The minimum atomic E-state index is -4.04. The van der Waals surface area contributed by atoms with Gasteiger partial charge in [-0.05, 0) is 37.3 Å². The fourth-order valence-corrected chi connectivity index (χ4v) is 4.14. The average Bonchev–Trinajstić information content (AvgIpc) is 2.55. The van der Waals surface area contributed by atoms with Crippen molar-refractivity contribution in [2.75, 3.05) is 0 Å². The zero-order chi connectivity index (χ0) is 17.5. The van der Waals surface area contributed by atoms with Crippen molar-refractivity contribution in [3.63, 3.8) is 0 Å². The highest BCUT2D eigenvalue weighted by atomic mass is 35.5. The fourth-order valence-electron chi connectivity index (χ4n) is 2.33. The van der Waals surface area contributed by atoms with Crippen LogP contribution in [0.4, 0.5) is 4.39 Å². The second kappa shape index (κ2) is 5.86. The summed E-state index contributed by atoms with van der Waals surface area (Å²) in [6.07, 6.45) is 1.17. The van der Waals surface area contributed by atoms with Crippen LogP contribution in [0.3, 0.4) is 0 Å². The summed E-state index contributed by atoms with van der Waals surface area (Å²) in [5.74, 6) is -0.783. The van der Waals surface area contributed by atoms with Gasteiger partial charge in [0, 0.05) is 11.6 Å². The molecule has 0 bridgehead atoms. The van der Waals surface area contributed by atoms with Gasteiger partial charge in [-0.2, -0.15) is 5.26 Å². The highest BCUT2D eigenvalue weighted by Gasteiger charge is 2.24. The van der Waals surface area contributed by atoms with Crippen molar-refractivity contribution in [2.45, 2.75) is 16.7 Å². The number of nitrogens with zero attached hydrogens (tertiary/aromatic N) is 2. The van der Waals surface area contributed by atoms with E-state index in [1.54, 1.807) is 18.2 Å². The molecule has 0 saturated heterocycles. The molecule has 0 spiro atoms. The Morgan fingerprint density at radius 3 is 2.67 bits per heavy atom. The lowest BCUT2D eigenvalue weighted by molar-refractivity contribution is 0.594. The number of fused-ring (bicyclic) bond motifs is 1. The third kappa shape index (κ3) is 2.62. The van der Waals surface area contributed by atoms with Gasteiger partial charge in [-0.1, -0.05) is 23.2 Å². The SMILES string of the molecule is Cc1ccc2ncc(S(=O)(=O)c3ccc(F)c(C#N)c3)c(Cl)c2c1. The molecule has 0 aliphatic heterocycles. The first-order valence-electron chi connectivity index (χ1n) is 6.84. The molecule has 0 fully saturated rings. The third-order valence-corrected chi connectivity index (χ3v) is 5.87. The Labute approximate surface area is 143 Å². The van der Waals surface area contributed by atoms with E-state index in [2.05, 4.69) is 4.98 Å². The summed E-state index contributed by atoms with van der Waals surface area (Å²) in [5.41, 5.74) is 1.13. The van der Waals surface area contributed by atoms with Crippen LogP contribution in [-0.2, 0) is 9.84 Å². The van der Waals surface area contributed by atoms with Crippen LogP contribution in [-0.4, -0.2) is 13.4 Å². The number of rotatable bonds is 2. The predicted octanol–water partition coefficient (Wildman–Crippen LogP) is 4.04. The Hall–Kier alpha value is -2.49. The van der Waals surface area contributed by atoms with Crippen molar-refractivity contribution in [1.82, 2.24) is 4.98 Å². The van der Waals surface area contributed by atoms with Crippen molar-refractivity contribution in [3.8, 4) is 6.07 Å². The Morgan fingerprint density at radius 2 is 1.96 bits per heavy atom.